The van der Waals surface area contributed by atoms with E-state index in [2.05, 4.69) is 22.3 Å². The van der Waals surface area contributed by atoms with Gasteiger partial charge in [0, 0.05) is 5.69 Å². The fourth-order valence-corrected chi connectivity index (χ4v) is 1.24. The zero-order valence-electron chi connectivity index (χ0n) is 8.91. The molecule has 0 bridgehead atoms. The smallest absolute Gasteiger partial charge is 0.422 e. The summed E-state index contributed by atoms with van der Waals surface area (Å²) in [6.45, 7) is -1.45. The number of nitrogens with two attached hydrogens (primary N) is 1. The first-order chi connectivity index (χ1) is 8.31. The van der Waals surface area contributed by atoms with Crippen LogP contribution in [0.4, 0.5) is 18.9 Å². The highest BCUT2D eigenvalue weighted by molar-refractivity contribution is 7.80. The Kier molecular flexibility index (Phi) is 4.33. The summed E-state index contributed by atoms with van der Waals surface area (Å²) >= 11 is 4.59. The Morgan fingerprint density at radius 1 is 1.50 bits per heavy atom. The van der Waals surface area contributed by atoms with E-state index >= 15 is 0 Å². The van der Waals surface area contributed by atoms with Gasteiger partial charge in [0.25, 0.3) is 0 Å². The minimum absolute atomic E-state index is 0.0113. The van der Waals surface area contributed by atoms with Gasteiger partial charge in [-0.15, -0.1) is 0 Å². The molecule has 0 radical (unpaired) electrons. The lowest BCUT2D eigenvalue weighted by Crippen LogP contribution is -2.20. The van der Waals surface area contributed by atoms with Crippen molar-refractivity contribution in [2.45, 2.75) is 6.18 Å². The minimum Gasteiger partial charge on any atom is -0.483 e. The van der Waals surface area contributed by atoms with Crippen molar-refractivity contribution in [1.29, 1.82) is 5.26 Å². The van der Waals surface area contributed by atoms with Crippen LogP contribution in [0.5, 0.6) is 5.75 Å². The third kappa shape index (κ3) is 4.47. The maximum Gasteiger partial charge on any atom is 0.422 e. The molecule has 96 valence electrons. The van der Waals surface area contributed by atoms with Gasteiger partial charge in [0.1, 0.15) is 11.8 Å². The predicted octanol–water partition coefficient (Wildman–Crippen LogP) is 2.15. The fraction of sp³-hybridized carbons (Fsp3) is 0.200. The van der Waals surface area contributed by atoms with E-state index in [9.17, 15) is 13.2 Å². The highest BCUT2D eigenvalue weighted by atomic mass is 32.1. The van der Waals surface area contributed by atoms with E-state index in [1.807, 2.05) is 0 Å². The molecule has 0 unspecified atom stereocenters. The SMILES string of the molecule is N#Cc1cc(NC(N)=S)ccc1OCC(F)(F)F. The molecule has 0 spiro atoms. The molecule has 1 aromatic rings. The average Bonchev–Trinajstić information content (AvgIpc) is 2.25. The third-order valence-corrected chi connectivity index (χ3v) is 1.86. The molecule has 0 aliphatic carbocycles. The van der Waals surface area contributed by atoms with Gasteiger partial charge in [-0.25, -0.2) is 0 Å². The number of alkyl halides is 3. The number of anilines is 1. The number of nitrogens with zero attached hydrogens (tertiary/aromatic N) is 1. The van der Waals surface area contributed by atoms with Gasteiger partial charge in [0.05, 0.1) is 5.56 Å². The molecule has 3 N–H and O–H groups in total. The van der Waals surface area contributed by atoms with Crippen LogP contribution in [0.15, 0.2) is 18.2 Å². The Bertz CT molecular complexity index is 496. The number of nitrogens with one attached hydrogen (secondary N) is 1. The molecule has 1 aromatic carbocycles. The highest BCUT2D eigenvalue weighted by Gasteiger charge is 2.28. The summed E-state index contributed by atoms with van der Waals surface area (Å²) in [6, 6.07) is 5.67. The van der Waals surface area contributed by atoms with Crippen LogP contribution in [0.1, 0.15) is 5.56 Å². The first-order valence-corrected chi connectivity index (χ1v) is 5.03. The number of nitriles is 1. The standard InChI is InChI=1S/C10H8F3N3OS/c11-10(12,13)5-17-8-2-1-7(16-9(15)18)3-6(8)4-14/h1-3H,5H2,(H3,15,16,18). The van der Waals surface area contributed by atoms with E-state index in [0.717, 1.165) is 0 Å². The number of ether oxygens (including phenoxy) is 1. The molecule has 18 heavy (non-hydrogen) atoms. The lowest BCUT2D eigenvalue weighted by molar-refractivity contribution is -0.153. The van der Waals surface area contributed by atoms with Crippen molar-refractivity contribution in [2.75, 3.05) is 11.9 Å². The normalized spacial score (nSPS) is 10.6. The van der Waals surface area contributed by atoms with Crippen molar-refractivity contribution < 1.29 is 17.9 Å². The van der Waals surface area contributed by atoms with Crippen LogP contribution in [0.25, 0.3) is 0 Å². The second kappa shape index (κ2) is 5.55. The van der Waals surface area contributed by atoms with Gasteiger partial charge >= 0.3 is 6.18 Å². The molecule has 0 fully saturated rings. The first kappa shape index (κ1) is 14.1. The van der Waals surface area contributed by atoms with Gasteiger partial charge in [-0.2, -0.15) is 18.4 Å². The lowest BCUT2D eigenvalue weighted by atomic mass is 10.2. The van der Waals surface area contributed by atoms with Crippen molar-refractivity contribution >= 4 is 23.0 Å². The van der Waals surface area contributed by atoms with E-state index in [1.54, 1.807) is 6.07 Å². The van der Waals surface area contributed by atoms with Gasteiger partial charge in [-0.3, -0.25) is 0 Å². The Balaban J connectivity index is 2.88. The maximum atomic E-state index is 12.0. The number of rotatable bonds is 3. The topological polar surface area (TPSA) is 71.1 Å². The Morgan fingerprint density at radius 3 is 2.67 bits per heavy atom. The zero-order chi connectivity index (χ0) is 13.8. The van der Waals surface area contributed by atoms with Crippen LogP contribution in [0.2, 0.25) is 0 Å². The molecule has 4 nitrogen and oxygen atoms in total. The highest BCUT2D eigenvalue weighted by Crippen LogP contribution is 2.24. The molecule has 1 rings (SSSR count). The van der Waals surface area contributed by atoms with E-state index < -0.39 is 12.8 Å². The van der Waals surface area contributed by atoms with Crippen molar-refractivity contribution in [3.63, 3.8) is 0 Å². The molecule has 0 heterocycles. The van der Waals surface area contributed by atoms with Crippen LogP contribution >= 0.6 is 12.2 Å². The summed E-state index contributed by atoms with van der Waals surface area (Å²) in [7, 11) is 0. The summed E-state index contributed by atoms with van der Waals surface area (Å²) in [5, 5.41) is 11.4. The van der Waals surface area contributed by atoms with Gasteiger partial charge < -0.3 is 15.8 Å². The molecule has 0 aliphatic rings. The molecule has 0 saturated carbocycles. The second-order valence-corrected chi connectivity index (χ2v) is 3.66. The molecule has 8 heteroatoms. The van der Waals surface area contributed by atoms with E-state index in [0.29, 0.717) is 5.69 Å². The number of halogens is 3. The van der Waals surface area contributed by atoms with E-state index in [4.69, 9.17) is 11.0 Å². The van der Waals surface area contributed by atoms with Crippen LogP contribution < -0.4 is 15.8 Å². The van der Waals surface area contributed by atoms with Crippen molar-refractivity contribution in [3.8, 4) is 11.8 Å². The van der Waals surface area contributed by atoms with Crippen LogP contribution in [-0.2, 0) is 0 Å². The summed E-state index contributed by atoms with van der Waals surface area (Å²) in [4.78, 5) is 0. The van der Waals surface area contributed by atoms with Gasteiger partial charge in [-0.05, 0) is 30.4 Å². The second-order valence-electron chi connectivity index (χ2n) is 3.22. The van der Waals surface area contributed by atoms with Crippen LogP contribution in [-0.4, -0.2) is 17.9 Å². The van der Waals surface area contributed by atoms with Crippen molar-refractivity contribution in [2.24, 2.45) is 5.73 Å². The van der Waals surface area contributed by atoms with Crippen LogP contribution in [0, 0.1) is 11.3 Å². The first-order valence-electron chi connectivity index (χ1n) is 4.62. The largest absolute Gasteiger partial charge is 0.483 e. The summed E-state index contributed by atoms with van der Waals surface area (Å²) in [5.74, 6) is -0.150. The zero-order valence-corrected chi connectivity index (χ0v) is 9.73. The summed E-state index contributed by atoms with van der Waals surface area (Å²) < 4.78 is 40.4. The number of hydrogen-bond acceptors (Lipinski definition) is 3. The van der Waals surface area contributed by atoms with Crippen LogP contribution in [0.3, 0.4) is 0 Å². The Hall–Kier alpha value is -2.01. The van der Waals surface area contributed by atoms with Gasteiger partial charge in [-0.1, -0.05) is 0 Å². The fourth-order valence-electron chi connectivity index (χ4n) is 1.12. The number of thiocarbonyl (C=S) groups is 1. The number of benzene rings is 1. The summed E-state index contributed by atoms with van der Waals surface area (Å²) in [5.41, 5.74) is 5.59. The average molecular weight is 275 g/mol. The van der Waals surface area contributed by atoms with Crippen molar-refractivity contribution in [1.82, 2.24) is 0 Å². The summed E-state index contributed by atoms with van der Waals surface area (Å²) in [6.07, 6.45) is -4.46. The third-order valence-electron chi connectivity index (χ3n) is 1.76. The molecule has 0 saturated heterocycles. The van der Waals surface area contributed by atoms with Gasteiger partial charge in [0.2, 0.25) is 0 Å². The molecular weight excluding hydrogens is 267 g/mol. The number of hydrogen-bond donors (Lipinski definition) is 2. The molecule has 0 atom stereocenters. The van der Waals surface area contributed by atoms with Gasteiger partial charge in [0.15, 0.2) is 11.7 Å². The lowest BCUT2D eigenvalue weighted by Gasteiger charge is -2.11. The monoisotopic (exact) mass is 275 g/mol. The minimum atomic E-state index is -4.46. The van der Waals surface area contributed by atoms with E-state index in [1.165, 1.54) is 18.2 Å². The quantitative estimate of drug-likeness (QED) is 0.827. The Morgan fingerprint density at radius 2 is 2.17 bits per heavy atom. The molecule has 0 aromatic heterocycles. The van der Waals surface area contributed by atoms with Crippen molar-refractivity contribution in [3.05, 3.63) is 23.8 Å². The maximum absolute atomic E-state index is 12.0. The van der Waals surface area contributed by atoms with E-state index in [-0.39, 0.29) is 16.4 Å². The molecule has 0 aliphatic heterocycles. The predicted molar refractivity (Wildman–Crippen MR) is 63.1 cm³/mol. The molecular formula is C10H8F3N3OS. The Labute approximate surface area is 106 Å². The molecule has 0 amide bonds.